The van der Waals surface area contributed by atoms with Gasteiger partial charge in [0.25, 0.3) is 0 Å². The third kappa shape index (κ3) is 9.71. The zero-order valence-corrected chi connectivity index (χ0v) is 44.9. The van der Waals surface area contributed by atoms with E-state index in [0.717, 1.165) is 44.6 Å². The van der Waals surface area contributed by atoms with Crippen LogP contribution in [0.5, 0.6) is 11.5 Å². The van der Waals surface area contributed by atoms with E-state index in [1.807, 2.05) is 47.0 Å². The molecule has 1 aliphatic rings. The fraction of sp³-hybridized carbons (Fsp3) is 0.262. The van der Waals surface area contributed by atoms with Crippen molar-refractivity contribution in [2.24, 2.45) is 0 Å². The van der Waals surface area contributed by atoms with Crippen molar-refractivity contribution < 1.29 is 36.8 Å². The topological polar surface area (TPSA) is 33.5 Å². The molecule has 2 aromatic heterocycles. The largest absolute Gasteiger partial charge is 0.509 e. The zero-order valence-electron chi connectivity index (χ0n) is 50.6. The molecular formula is C65H65N4OPt-3. The van der Waals surface area contributed by atoms with E-state index in [1.54, 1.807) is 0 Å². The van der Waals surface area contributed by atoms with Gasteiger partial charge in [-0.15, -0.1) is 48.1 Å². The van der Waals surface area contributed by atoms with Gasteiger partial charge in [-0.1, -0.05) is 167 Å². The van der Waals surface area contributed by atoms with Gasteiger partial charge < -0.3 is 19.1 Å². The number of para-hydroxylation sites is 2. The quantitative estimate of drug-likeness (QED) is 0.149. The molecule has 0 radical (unpaired) electrons. The van der Waals surface area contributed by atoms with Crippen LogP contribution in [0, 0.1) is 25.7 Å². The van der Waals surface area contributed by atoms with Crippen molar-refractivity contribution >= 4 is 44.6 Å². The van der Waals surface area contributed by atoms with E-state index in [9.17, 15) is 0 Å². The van der Waals surface area contributed by atoms with Gasteiger partial charge in [0.15, 0.2) is 0 Å². The normalized spacial score (nSPS) is 15.0. The number of pyridine rings is 1. The maximum atomic E-state index is 8.76. The molecule has 7 aromatic carbocycles. The van der Waals surface area contributed by atoms with E-state index in [-0.39, 0.29) is 65.2 Å². The van der Waals surface area contributed by atoms with E-state index in [0.29, 0.717) is 22.5 Å². The maximum absolute atomic E-state index is 8.76. The van der Waals surface area contributed by atoms with Gasteiger partial charge in [-0.3, -0.25) is 0 Å². The molecule has 0 spiro atoms. The Bertz CT molecular complexity index is 3780. The Morgan fingerprint density at radius 2 is 1.17 bits per heavy atom. The first-order chi connectivity index (χ1) is 36.4. The first kappa shape index (κ1) is 40.2. The molecule has 0 aliphatic carbocycles. The summed E-state index contributed by atoms with van der Waals surface area (Å²) in [5, 5.41) is 1.67. The fourth-order valence-corrected chi connectivity index (χ4v) is 9.09. The third-order valence-corrected chi connectivity index (χ3v) is 13.3. The zero-order chi connectivity index (χ0) is 56.3. The standard InChI is InChI=1S/C65H65N4O.Pt/c1-42-30-61(66-40-56(42)43-20-15-14-16-21-43)69-57-29-26-44(45-31-46(62(2,3)4)34-47(32-45)63(5,6)7)33-55(57)54-28-27-53(39-60(54)69)70-52-23-19-22-50(38-52)67-41-68(59-25-18-17-24-58(59)67)51-36-48(64(8,9)10)35-49(37-51)65(11,12)13;/h14-37,40-41H,1-13H3;/q-3;/i1D3,14D,15D,16D,20D,21D;. The van der Waals surface area contributed by atoms with Crippen LogP contribution in [0.2, 0.25) is 0 Å². The smallest absolute Gasteiger partial charge is 0.135 e. The first-order valence-corrected chi connectivity index (χ1v) is 24.0. The summed E-state index contributed by atoms with van der Waals surface area (Å²) in [5.74, 6) is 1.05. The van der Waals surface area contributed by atoms with Crippen molar-refractivity contribution in [1.29, 1.82) is 0 Å². The van der Waals surface area contributed by atoms with Crippen molar-refractivity contribution in [3.63, 3.8) is 0 Å². The number of hydrogen-bond donors (Lipinski definition) is 0. The van der Waals surface area contributed by atoms with Gasteiger partial charge in [0, 0.05) is 71.0 Å². The van der Waals surface area contributed by atoms with Gasteiger partial charge in [0.2, 0.25) is 0 Å². The monoisotopic (exact) mass is 1120 g/mol. The van der Waals surface area contributed by atoms with Gasteiger partial charge in [0.05, 0.1) is 6.85 Å². The molecule has 9 aromatic rings. The summed E-state index contributed by atoms with van der Waals surface area (Å²) < 4.78 is 77.3. The summed E-state index contributed by atoms with van der Waals surface area (Å²) in [7, 11) is 0. The second kappa shape index (κ2) is 18.3. The average Bonchev–Trinajstić information content (AvgIpc) is 4.02. The maximum Gasteiger partial charge on any atom is 0.135 e. The Morgan fingerprint density at radius 1 is 0.563 bits per heavy atom. The predicted octanol–water partition coefficient (Wildman–Crippen LogP) is 17.8. The minimum absolute atomic E-state index is 0. The molecule has 0 fully saturated rings. The molecule has 6 heteroatoms. The van der Waals surface area contributed by atoms with Crippen LogP contribution in [0.15, 0.2) is 152 Å². The van der Waals surface area contributed by atoms with Crippen molar-refractivity contribution in [3.05, 3.63) is 198 Å². The van der Waals surface area contributed by atoms with Crippen molar-refractivity contribution in [1.82, 2.24) is 9.55 Å². The number of anilines is 4. The molecule has 364 valence electrons. The molecule has 0 amide bonds. The molecule has 0 unspecified atom stereocenters. The number of ether oxygens (including phenoxy) is 1. The van der Waals surface area contributed by atoms with Gasteiger partial charge in [0.1, 0.15) is 5.82 Å². The number of benzene rings is 7. The first-order valence-electron chi connectivity index (χ1n) is 28.0. The van der Waals surface area contributed by atoms with E-state index in [4.69, 9.17) is 20.7 Å². The minimum atomic E-state index is -2.78. The molecule has 0 saturated carbocycles. The SMILES string of the molecule is [2H]c1c([2H])c([2H])c(-c2cnc(-n3c4[c-]c(Oc5[c-]c(N6[CH-]N(c7cc(C(C)(C)C)cc(C(C)(C)C)c7)c7ccccc76)ccc5)ccc4c4cc(-c5cc(C(C)(C)C)cc(C(C)(C)C)c5)ccc43)cc2C([2H])([2H])[2H])c([2H])c1[2H].[Pt]. The molecule has 0 saturated heterocycles. The molecule has 71 heavy (non-hydrogen) atoms. The molecule has 0 bridgehead atoms. The Morgan fingerprint density at radius 3 is 1.79 bits per heavy atom. The summed E-state index contributed by atoms with van der Waals surface area (Å²) >= 11 is 0. The molecule has 10 rings (SSSR count). The van der Waals surface area contributed by atoms with Crippen LogP contribution in [0.3, 0.4) is 0 Å². The average molecular weight is 1120 g/mol. The summed E-state index contributed by atoms with van der Waals surface area (Å²) in [4.78, 5) is 9.20. The van der Waals surface area contributed by atoms with Crippen LogP contribution in [0.25, 0.3) is 49.9 Å². The Hall–Kier alpha value is -6.42. The summed E-state index contributed by atoms with van der Waals surface area (Å²) in [5.41, 5.74) is 11.2. The van der Waals surface area contributed by atoms with Gasteiger partial charge in [-0.25, -0.2) is 4.98 Å². The van der Waals surface area contributed by atoms with E-state index >= 15 is 0 Å². The molecule has 1 aliphatic heterocycles. The summed E-state index contributed by atoms with van der Waals surface area (Å²) in [6.45, 7) is 26.1. The Labute approximate surface area is 448 Å². The van der Waals surface area contributed by atoms with E-state index < -0.39 is 37.1 Å². The second-order valence-electron chi connectivity index (χ2n) is 22.7. The molecule has 0 atom stereocenters. The van der Waals surface area contributed by atoms with Gasteiger partial charge in [-0.2, -0.15) is 12.1 Å². The minimum Gasteiger partial charge on any atom is -0.509 e. The molecule has 3 heterocycles. The van der Waals surface area contributed by atoms with Crippen LogP contribution in [-0.2, 0) is 42.7 Å². The Balaban J connectivity index is 0.00000757. The van der Waals surface area contributed by atoms with Crippen LogP contribution < -0.4 is 14.5 Å². The van der Waals surface area contributed by atoms with Crippen molar-refractivity contribution in [3.8, 4) is 39.6 Å². The Kier molecular flexibility index (Phi) is 10.4. The van der Waals surface area contributed by atoms with Crippen molar-refractivity contribution in [2.75, 3.05) is 9.80 Å². The second-order valence-corrected chi connectivity index (χ2v) is 22.7. The molecule has 5 nitrogen and oxygen atoms in total. The van der Waals surface area contributed by atoms with Crippen LogP contribution in [-0.4, -0.2) is 9.55 Å². The number of hydrogen-bond acceptors (Lipinski definition) is 4. The predicted molar refractivity (Wildman–Crippen MR) is 295 cm³/mol. The number of nitrogens with zero attached hydrogens (tertiary/aromatic N) is 4. The van der Waals surface area contributed by atoms with E-state index in [2.05, 4.69) is 178 Å². The number of rotatable bonds is 7. The molecular weight excluding hydrogens is 1050 g/mol. The molecule has 0 N–H and O–H groups in total. The van der Waals surface area contributed by atoms with Crippen molar-refractivity contribution in [2.45, 2.75) is 112 Å². The number of fused-ring (bicyclic) bond motifs is 4. The number of aromatic nitrogens is 2. The van der Waals surface area contributed by atoms with Gasteiger partial charge >= 0.3 is 0 Å². The number of aryl methyl sites for hydroxylation is 1. The van der Waals surface area contributed by atoms with Crippen LogP contribution in [0.4, 0.5) is 22.7 Å². The third-order valence-electron chi connectivity index (χ3n) is 13.3. The summed E-state index contributed by atoms with van der Waals surface area (Å²) in [6.07, 6.45) is 1.29. The van der Waals surface area contributed by atoms with Crippen LogP contribution in [0.1, 0.15) is 122 Å². The summed E-state index contributed by atoms with van der Waals surface area (Å²) in [6, 6.07) is 43.6. The fourth-order valence-electron chi connectivity index (χ4n) is 9.09. The van der Waals surface area contributed by atoms with Crippen LogP contribution >= 0.6 is 0 Å². The van der Waals surface area contributed by atoms with E-state index in [1.165, 1.54) is 34.5 Å². The van der Waals surface area contributed by atoms with Gasteiger partial charge in [-0.05, 0) is 115 Å².